The minimum absolute atomic E-state index is 0.275. The zero-order valence-electron chi connectivity index (χ0n) is 12.8. The van der Waals surface area contributed by atoms with Gasteiger partial charge in [0.25, 0.3) is 0 Å². The molecule has 0 unspecified atom stereocenters. The van der Waals surface area contributed by atoms with E-state index >= 15 is 0 Å². The molecule has 2 aromatic carbocycles. The molecule has 0 bridgehead atoms. The topological polar surface area (TPSA) is 66.8 Å². The average molecular weight is 335 g/mol. The Morgan fingerprint density at radius 3 is 2.35 bits per heavy atom. The number of carboxylic acid groups (broad SMARTS) is 1. The van der Waals surface area contributed by atoms with Crippen molar-refractivity contribution in [2.24, 2.45) is 0 Å². The third-order valence-corrected chi connectivity index (χ3v) is 4.06. The van der Waals surface area contributed by atoms with E-state index in [0.29, 0.717) is 17.0 Å². The number of aliphatic carboxylic acids is 1. The molecule has 2 aromatic rings. The second-order valence-corrected chi connectivity index (χ2v) is 5.88. The van der Waals surface area contributed by atoms with E-state index in [1.165, 1.54) is 0 Å². The molecule has 2 N–H and O–H groups in total. The van der Waals surface area contributed by atoms with Crippen LogP contribution in [-0.2, 0) is 21.6 Å². The fourth-order valence-electron chi connectivity index (χ4n) is 2.36. The van der Waals surface area contributed by atoms with E-state index in [4.69, 9.17) is 16.3 Å². The summed E-state index contributed by atoms with van der Waals surface area (Å²) in [6.07, 6.45) is -1.07. The predicted octanol–water partition coefficient (Wildman–Crippen LogP) is 3.26. The molecule has 5 heteroatoms. The van der Waals surface area contributed by atoms with Crippen LogP contribution in [0, 0.1) is 0 Å². The monoisotopic (exact) mass is 334 g/mol. The molecule has 2 atom stereocenters. The Morgan fingerprint density at radius 2 is 1.78 bits per heavy atom. The third kappa shape index (κ3) is 4.32. The molecule has 23 heavy (non-hydrogen) atoms. The van der Waals surface area contributed by atoms with Gasteiger partial charge in [-0.25, -0.2) is 4.79 Å². The van der Waals surface area contributed by atoms with Gasteiger partial charge in [-0.15, -0.1) is 0 Å². The van der Waals surface area contributed by atoms with Gasteiger partial charge in [-0.2, -0.15) is 0 Å². The van der Waals surface area contributed by atoms with Gasteiger partial charge < -0.3 is 14.9 Å². The molecule has 0 aliphatic rings. The maximum absolute atomic E-state index is 11.2. The van der Waals surface area contributed by atoms with Crippen LogP contribution in [0.1, 0.15) is 18.1 Å². The van der Waals surface area contributed by atoms with Gasteiger partial charge in [0.05, 0.1) is 6.61 Å². The summed E-state index contributed by atoms with van der Waals surface area (Å²) in [7, 11) is 0. The number of carbonyl (C=O) groups is 1. The predicted molar refractivity (Wildman–Crippen MR) is 88.5 cm³/mol. The molecule has 4 nitrogen and oxygen atoms in total. The van der Waals surface area contributed by atoms with E-state index in [2.05, 4.69) is 0 Å². The second kappa shape index (κ2) is 7.59. The molecular formula is C18H19ClO4. The van der Waals surface area contributed by atoms with Gasteiger partial charge in [0.15, 0.2) is 6.10 Å². The largest absolute Gasteiger partial charge is 0.479 e. The Balaban J connectivity index is 2.12. The normalized spacial score (nSPS) is 14.9. The Morgan fingerprint density at radius 1 is 1.17 bits per heavy atom. The lowest BCUT2D eigenvalue weighted by Gasteiger charge is -2.33. The molecule has 0 aromatic heterocycles. The van der Waals surface area contributed by atoms with Crippen molar-refractivity contribution >= 4 is 17.6 Å². The van der Waals surface area contributed by atoms with Gasteiger partial charge in [0, 0.05) is 5.02 Å². The number of halogens is 1. The van der Waals surface area contributed by atoms with E-state index < -0.39 is 17.7 Å². The summed E-state index contributed by atoms with van der Waals surface area (Å²) in [5.41, 5.74) is 0.320. The van der Waals surface area contributed by atoms with Crippen molar-refractivity contribution in [3.05, 3.63) is 70.7 Å². The fourth-order valence-corrected chi connectivity index (χ4v) is 2.48. The van der Waals surface area contributed by atoms with Gasteiger partial charge >= 0.3 is 5.97 Å². The first-order valence-electron chi connectivity index (χ1n) is 7.28. The molecule has 0 amide bonds. The average Bonchev–Trinajstić information content (AvgIpc) is 2.56. The van der Waals surface area contributed by atoms with Crippen LogP contribution in [-0.4, -0.2) is 28.9 Å². The Labute approximate surface area is 140 Å². The molecule has 2 rings (SSSR count). The molecule has 0 saturated heterocycles. The zero-order valence-corrected chi connectivity index (χ0v) is 13.5. The Kier molecular flexibility index (Phi) is 5.77. The highest BCUT2D eigenvalue weighted by atomic mass is 35.5. The van der Waals surface area contributed by atoms with Crippen LogP contribution in [0.3, 0.4) is 0 Å². The van der Waals surface area contributed by atoms with Gasteiger partial charge in [0.2, 0.25) is 0 Å². The molecule has 0 fully saturated rings. The fraction of sp³-hybridized carbons (Fsp3) is 0.278. The third-order valence-electron chi connectivity index (χ3n) is 3.81. The van der Waals surface area contributed by atoms with Crippen LogP contribution in [0.4, 0.5) is 0 Å². The van der Waals surface area contributed by atoms with E-state index in [9.17, 15) is 15.0 Å². The van der Waals surface area contributed by atoms with Crippen LogP contribution < -0.4 is 0 Å². The number of aliphatic hydroxyl groups excluding tert-OH is 1. The van der Waals surface area contributed by atoms with Gasteiger partial charge in [-0.3, -0.25) is 0 Å². The van der Waals surface area contributed by atoms with Crippen molar-refractivity contribution in [1.29, 1.82) is 0 Å². The zero-order chi connectivity index (χ0) is 16.9. The van der Waals surface area contributed by atoms with Crippen LogP contribution in [0.2, 0.25) is 5.02 Å². The maximum Gasteiger partial charge on any atom is 0.335 e. The van der Waals surface area contributed by atoms with E-state index in [1.54, 1.807) is 43.3 Å². The summed E-state index contributed by atoms with van der Waals surface area (Å²) in [5, 5.41) is 19.9. The van der Waals surface area contributed by atoms with Crippen molar-refractivity contribution in [2.45, 2.75) is 25.0 Å². The van der Waals surface area contributed by atoms with Crippen molar-refractivity contribution < 1.29 is 19.7 Å². The first-order chi connectivity index (χ1) is 10.9. The number of carboxylic acids is 1. The van der Waals surface area contributed by atoms with E-state index in [1.807, 2.05) is 18.2 Å². The molecule has 0 spiro atoms. The summed E-state index contributed by atoms with van der Waals surface area (Å²) in [5.74, 6) is -1.32. The molecule has 0 aliphatic heterocycles. The maximum atomic E-state index is 11.2. The van der Waals surface area contributed by atoms with Gasteiger partial charge in [0.1, 0.15) is 5.60 Å². The van der Waals surface area contributed by atoms with Crippen LogP contribution in [0.15, 0.2) is 54.6 Å². The second-order valence-electron chi connectivity index (χ2n) is 5.44. The quantitative estimate of drug-likeness (QED) is 0.815. The van der Waals surface area contributed by atoms with Crippen molar-refractivity contribution in [3.8, 4) is 0 Å². The lowest BCUT2D eigenvalue weighted by molar-refractivity contribution is -0.171. The van der Waals surface area contributed by atoms with Crippen molar-refractivity contribution in [3.63, 3.8) is 0 Å². The molecule has 0 saturated carbocycles. The lowest BCUT2D eigenvalue weighted by Crippen LogP contribution is -2.44. The number of ether oxygens (including phenoxy) is 1. The van der Waals surface area contributed by atoms with Crippen molar-refractivity contribution in [1.82, 2.24) is 0 Å². The number of benzene rings is 2. The number of aliphatic hydroxyl groups is 1. The Bertz CT molecular complexity index is 642. The highest BCUT2D eigenvalue weighted by Crippen LogP contribution is 2.30. The van der Waals surface area contributed by atoms with Crippen molar-refractivity contribution in [2.75, 3.05) is 6.61 Å². The SMILES string of the molecule is C[C@](OCCc1ccc(Cl)cc1)(c1ccccc1)[C@H](O)C(=O)O. The standard InChI is InChI=1S/C18H19ClO4/c1-18(16(20)17(21)22,14-5-3-2-4-6-14)23-12-11-13-7-9-15(19)10-8-13/h2-10,16,20H,11-12H2,1H3,(H,21,22)/t16-,18+/m1/s1. The van der Waals surface area contributed by atoms with Crippen LogP contribution >= 0.6 is 11.6 Å². The molecule has 0 aliphatic carbocycles. The molecular weight excluding hydrogens is 316 g/mol. The van der Waals surface area contributed by atoms with Crippen LogP contribution in [0.5, 0.6) is 0 Å². The van der Waals surface area contributed by atoms with E-state index in [-0.39, 0.29) is 6.61 Å². The smallest absolute Gasteiger partial charge is 0.335 e. The highest BCUT2D eigenvalue weighted by Gasteiger charge is 2.40. The Hall–Kier alpha value is -1.88. The summed E-state index contributed by atoms with van der Waals surface area (Å²) in [6, 6.07) is 16.2. The highest BCUT2D eigenvalue weighted by molar-refractivity contribution is 6.30. The first kappa shape index (κ1) is 17.5. The summed E-state index contributed by atoms with van der Waals surface area (Å²) in [6.45, 7) is 1.86. The number of rotatable bonds is 7. The molecule has 0 radical (unpaired) electrons. The first-order valence-corrected chi connectivity index (χ1v) is 7.66. The van der Waals surface area contributed by atoms with Gasteiger partial charge in [-0.1, -0.05) is 54.1 Å². The minimum Gasteiger partial charge on any atom is -0.479 e. The summed E-state index contributed by atoms with van der Waals surface area (Å²) in [4.78, 5) is 11.2. The summed E-state index contributed by atoms with van der Waals surface area (Å²) < 4.78 is 5.81. The minimum atomic E-state index is -1.66. The molecule has 0 heterocycles. The lowest BCUT2D eigenvalue weighted by atomic mass is 9.89. The van der Waals surface area contributed by atoms with Crippen LogP contribution in [0.25, 0.3) is 0 Å². The summed E-state index contributed by atoms with van der Waals surface area (Å²) >= 11 is 5.85. The molecule has 122 valence electrons. The number of hydrogen-bond acceptors (Lipinski definition) is 3. The number of hydrogen-bond donors (Lipinski definition) is 2. The van der Waals surface area contributed by atoms with E-state index in [0.717, 1.165) is 5.56 Å². The van der Waals surface area contributed by atoms with Gasteiger partial charge in [-0.05, 0) is 36.6 Å².